The first kappa shape index (κ1) is 20.0. The summed E-state index contributed by atoms with van der Waals surface area (Å²) in [7, 11) is 0. The van der Waals surface area contributed by atoms with Crippen LogP contribution in [-0.2, 0) is 14.3 Å². The maximum Gasteiger partial charge on any atom is 0.411 e. The van der Waals surface area contributed by atoms with Crippen LogP contribution in [0.3, 0.4) is 0 Å². The quantitative estimate of drug-likeness (QED) is 0.797. The molecule has 1 fully saturated rings. The number of nitrogens with one attached hydrogen (secondary N) is 1. The molecule has 0 spiro atoms. The van der Waals surface area contributed by atoms with Crippen molar-refractivity contribution in [2.45, 2.75) is 32.0 Å². The van der Waals surface area contributed by atoms with Crippen LogP contribution in [-0.4, -0.2) is 55.3 Å². The molecule has 1 aliphatic rings. The molecule has 6 nitrogen and oxygen atoms in total. The fourth-order valence-corrected chi connectivity index (χ4v) is 2.41. The van der Waals surface area contributed by atoms with Crippen molar-refractivity contribution in [3.05, 3.63) is 24.3 Å². The Bertz CT molecular complexity index is 631. The highest BCUT2D eigenvalue weighted by molar-refractivity contribution is 5.94. The van der Waals surface area contributed by atoms with Crippen molar-refractivity contribution in [1.82, 2.24) is 4.90 Å². The topological polar surface area (TPSA) is 67.9 Å². The molecule has 1 heterocycles. The Hall–Kier alpha value is -2.29. The summed E-state index contributed by atoms with van der Waals surface area (Å²) in [6.45, 7) is 1.09. The van der Waals surface area contributed by atoms with Gasteiger partial charge in [-0.15, -0.1) is 0 Å². The van der Waals surface area contributed by atoms with Crippen LogP contribution in [0, 0.1) is 0 Å². The third kappa shape index (κ3) is 6.55. The number of benzene rings is 1. The first-order chi connectivity index (χ1) is 12.2. The summed E-state index contributed by atoms with van der Waals surface area (Å²) >= 11 is 0. The Morgan fingerprint density at radius 2 is 1.96 bits per heavy atom. The molecule has 2 amide bonds. The van der Waals surface area contributed by atoms with Crippen molar-refractivity contribution in [2.75, 3.05) is 31.6 Å². The highest BCUT2D eigenvalue weighted by atomic mass is 19.4. The SMILES string of the molecule is CC(OCC(F)(F)F)C(=O)Nc1cccc(OCC(=O)N2CCCC2)c1. The van der Waals surface area contributed by atoms with Gasteiger partial charge in [0.2, 0.25) is 0 Å². The van der Waals surface area contributed by atoms with Crippen LogP contribution >= 0.6 is 0 Å². The first-order valence-electron chi connectivity index (χ1n) is 8.24. The van der Waals surface area contributed by atoms with E-state index in [9.17, 15) is 22.8 Å². The number of amides is 2. The number of hydrogen-bond acceptors (Lipinski definition) is 4. The maximum absolute atomic E-state index is 12.1. The molecule has 1 saturated heterocycles. The fourth-order valence-electron chi connectivity index (χ4n) is 2.41. The zero-order chi connectivity index (χ0) is 19.2. The van der Waals surface area contributed by atoms with Crippen molar-refractivity contribution < 1.29 is 32.2 Å². The summed E-state index contributed by atoms with van der Waals surface area (Å²) in [5, 5.41) is 2.45. The third-order valence-corrected chi connectivity index (χ3v) is 3.79. The van der Waals surface area contributed by atoms with Crippen molar-refractivity contribution in [2.24, 2.45) is 0 Å². The number of halogens is 3. The standard InChI is InChI=1S/C17H21F3N2O4/c1-12(26-11-17(18,19)20)16(24)21-13-5-4-6-14(9-13)25-10-15(23)22-7-2-3-8-22/h4-6,9,12H,2-3,7-8,10-11H2,1H3,(H,21,24). The number of alkyl halides is 3. The van der Waals surface area contributed by atoms with Crippen LogP contribution in [0.5, 0.6) is 5.75 Å². The van der Waals surface area contributed by atoms with Gasteiger partial charge in [0.1, 0.15) is 18.5 Å². The second-order valence-electron chi connectivity index (χ2n) is 5.96. The Morgan fingerprint density at radius 1 is 1.27 bits per heavy atom. The van der Waals surface area contributed by atoms with E-state index in [2.05, 4.69) is 10.1 Å². The molecule has 0 radical (unpaired) electrons. The normalized spacial score (nSPS) is 15.6. The van der Waals surface area contributed by atoms with Gasteiger partial charge >= 0.3 is 6.18 Å². The molecule has 1 aromatic rings. The van der Waals surface area contributed by atoms with Gasteiger partial charge in [0.25, 0.3) is 11.8 Å². The second-order valence-corrected chi connectivity index (χ2v) is 5.96. The lowest BCUT2D eigenvalue weighted by Gasteiger charge is -2.16. The van der Waals surface area contributed by atoms with Gasteiger partial charge in [0, 0.05) is 24.8 Å². The van der Waals surface area contributed by atoms with E-state index in [4.69, 9.17) is 4.74 Å². The van der Waals surface area contributed by atoms with Gasteiger partial charge in [-0.05, 0) is 31.9 Å². The highest BCUT2D eigenvalue weighted by Crippen LogP contribution is 2.19. The molecular formula is C17H21F3N2O4. The van der Waals surface area contributed by atoms with E-state index in [1.54, 1.807) is 23.1 Å². The van der Waals surface area contributed by atoms with Crippen LogP contribution in [0.1, 0.15) is 19.8 Å². The van der Waals surface area contributed by atoms with E-state index in [1.807, 2.05) is 0 Å². The smallest absolute Gasteiger partial charge is 0.411 e. The predicted molar refractivity (Wildman–Crippen MR) is 87.8 cm³/mol. The van der Waals surface area contributed by atoms with Crippen LogP contribution in [0.15, 0.2) is 24.3 Å². The number of nitrogens with zero attached hydrogens (tertiary/aromatic N) is 1. The minimum atomic E-state index is -4.50. The molecule has 0 aliphatic carbocycles. The lowest BCUT2D eigenvalue weighted by molar-refractivity contribution is -0.184. The molecule has 0 aromatic heterocycles. The largest absolute Gasteiger partial charge is 0.484 e. The number of carbonyl (C=O) groups excluding carboxylic acids is 2. The number of anilines is 1. The van der Waals surface area contributed by atoms with Crippen molar-refractivity contribution >= 4 is 17.5 Å². The van der Waals surface area contributed by atoms with Gasteiger partial charge in [-0.1, -0.05) is 6.07 Å². The van der Waals surface area contributed by atoms with E-state index >= 15 is 0 Å². The molecule has 9 heteroatoms. The molecule has 1 aliphatic heterocycles. The molecule has 0 bridgehead atoms. The Morgan fingerprint density at radius 3 is 2.62 bits per heavy atom. The molecule has 2 rings (SSSR count). The monoisotopic (exact) mass is 374 g/mol. The molecule has 1 unspecified atom stereocenters. The number of rotatable bonds is 7. The van der Waals surface area contributed by atoms with Gasteiger partial charge in [-0.25, -0.2) is 0 Å². The van der Waals surface area contributed by atoms with Gasteiger partial charge in [-0.2, -0.15) is 13.2 Å². The number of likely N-dealkylation sites (tertiary alicyclic amines) is 1. The van der Waals surface area contributed by atoms with Gasteiger partial charge < -0.3 is 19.7 Å². The average Bonchev–Trinajstić information content (AvgIpc) is 3.12. The van der Waals surface area contributed by atoms with E-state index in [0.717, 1.165) is 25.9 Å². The number of hydrogen-bond donors (Lipinski definition) is 1. The van der Waals surface area contributed by atoms with E-state index in [0.29, 0.717) is 11.4 Å². The van der Waals surface area contributed by atoms with Crippen LogP contribution in [0.2, 0.25) is 0 Å². The van der Waals surface area contributed by atoms with Crippen molar-refractivity contribution in [3.8, 4) is 5.75 Å². The Labute approximate surface area is 149 Å². The molecule has 1 N–H and O–H groups in total. The van der Waals surface area contributed by atoms with Crippen molar-refractivity contribution in [1.29, 1.82) is 0 Å². The predicted octanol–water partition coefficient (Wildman–Crippen LogP) is 2.59. The summed E-state index contributed by atoms with van der Waals surface area (Å²) in [5.41, 5.74) is 0.337. The number of carbonyl (C=O) groups is 2. The van der Waals surface area contributed by atoms with E-state index in [-0.39, 0.29) is 12.5 Å². The van der Waals surface area contributed by atoms with E-state index in [1.165, 1.54) is 13.0 Å². The maximum atomic E-state index is 12.1. The highest BCUT2D eigenvalue weighted by Gasteiger charge is 2.30. The van der Waals surface area contributed by atoms with Gasteiger partial charge in [0.15, 0.2) is 6.61 Å². The molecule has 26 heavy (non-hydrogen) atoms. The summed E-state index contributed by atoms with van der Waals surface area (Å²) in [6.07, 6.45) is -3.79. The molecule has 144 valence electrons. The summed E-state index contributed by atoms with van der Waals surface area (Å²) in [5.74, 6) is -0.440. The number of ether oxygens (including phenoxy) is 2. The van der Waals surface area contributed by atoms with Gasteiger partial charge in [0.05, 0.1) is 0 Å². The Balaban J connectivity index is 1.83. The molecule has 1 aromatic carbocycles. The van der Waals surface area contributed by atoms with Crippen LogP contribution in [0.4, 0.5) is 18.9 Å². The molecule has 1 atom stereocenters. The summed E-state index contributed by atoms with van der Waals surface area (Å²) in [6, 6.07) is 6.28. The van der Waals surface area contributed by atoms with Gasteiger partial charge in [-0.3, -0.25) is 9.59 Å². The lowest BCUT2D eigenvalue weighted by atomic mass is 10.3. The summed E-state index contributed by atoms with van der Waals surface area (Å²) < 4.78 is 46.3. The van der Waals surface area contributed by atoms with Crippen molar-refractivity contribution in [3.63, 3.8) is 0 Å². The third-order valence-electron chi connectivity index (χ3n) is 3.79. The zero-order valence-electron chi connectivity index (χ0n) is 14.3. The van der Waals surface area contributed by atoms with Crippen LogP contribution in [0.25, 0.3) is 0 Å². The lowest BCUT2D eigenvalue weighted by Crippen LogP contribution is -2.32. The van der Waals surface area contributed by atoms with Crippen LogP contribution < -0.4 is 10.1 Å². The fraction of sp³-hybridized carbons (Fsp3) is 0.529. The first-order valence-corrected chi connectivity index (χ1v) is 8.24. The molecule has 0 saturated carbocycles. The van der Waals surface area contributed by atoms with E-state index < -0.39 is 24.8 Å². The summed E-state index contributed by atoms with van der Waals surface area (Å²) in [4.78, 5) is 25.5. The minimum Gasteiger partial charge on any atom is -0.484 e. The zero-order valence-corrected chi connectivity index (χ0v) is 14.3. The average molecular weight is 374 g/mol. The Kier molecular flexibility index (Phi) is 6.84. The second kappa shape index (κ2) is 8.88. The minimum absolute atomic E-state index is 0.105. The molecular weight excluding hydrogens is 353 g/mol.